The van der Waals surface area contributed by atoms with E-state index in [1.165, 1.54) is 19.3 Å². The number of carbonyl (C=O) groups is 2. The first-order valence-corrected chi connectivity index (χ1v) is 14.1. The maximum atomic E-state index is 13.5. The summed E-state index contributed by atoms with van der Waals surface area (Å²) in [6.07, 6.45) is 3.80. The summed E-state index contributed by atoms with van der Waals surface area (Å²) in [5.74, 6) is 1.39. The fourth-order valence-corrected chi connectivity index (χ4v) is 6.68. The Hall–Kier alpha value is -2.12. The number of hydrogen-bond donors (Lipinski definition) is 2. The van der Waals surface area contributed by atoms with Gasteiger partial charge in [0, 0.05) is 31.2 Å². The minimum Gasteiger partial charge on any atom is -0.334 e. The highest BCUT2D eigenvalue weighted by Crippen LogP contribution is 2.34. The molecule has 4 unspecified atom stereocenters. The number of halogens is 2. The average molecular weight is 544 g/mol. The van der Waals surface area contributed by atoms with E-state index < -0.39 is 0 Å². The van der Waals surface area contributed by atoms with Gasteiger partial charge in [-0.25, -0.2) is 0 Å². The van der Waals surface area contributed by atoms with Crippen molar-refractivity contribution in [1.82, 2.24) is 20.4 Å². The van der Waals surface area contributed by atoms with Gasteiger partial charge in [-0.05, 0) is 87.9 Å². The second-order valence-electron chi connectivity index (χ2n) is 11.0. The largest absolute Gasteiger partial charge is 0.334 e. The molecule has 0 spiro atoms. The second-order valence-corrected chi connectivity index (χ2v) is 11.8. The van der Waals surface area contributed by atoms with Crippen LogP contribution in [0, 0.1) is 25.7 Å². The van der Waals surface area contributed by atoms with E-state index in [2.05, 4.69) is 16.7 Å². The zero-order valence-corrected chi connectivity index (χ0v) is 23.1. The van der Waals surface area contributed by atoms with Crippen LogP contribution in [0.1, 0.15) is 52.4 Å². The van der Waals surface area contributed by atoms with Crippen LogP contribution in [0.2, 0.25) is 10.0 Å². The van der Waals surface area contributed by atoms with E-state index in [1.807, 2.05) is 47.9 Å². The van der Waals surface area contributed by atoms with Crippen LogP contribution in [0.25, 0.3) is 0 Å². The van der Waals surface area contributed by atoms with Gasteiger partial charge in [0.25, 0.3) is 5.91 Å². The Kier molecular flexibility index (Phi) is 8.10. The third kappa shape index (κ3) is 5.98. The van der Waals surface area contributed by atoms with Gasteiger partial charge in [0.15, 0.2) is 0 Å². The highest BCUT2D eigenvalue weighted by atomic mass is 35.5. The number of fused-ring (bicyclic) bond motifs is 3. The van der Waals surface area contributed by atoms with Crippen molar-refractivity contribution in [2.45, 2.75) is 45.2 Å². The van der Waals surface area contributed by atoms with E-state index in [0.717, 1.165) is 35.7 Å². The monoisotopic (exact) mass is 542 g/mol. The molecule has 2 aromatic carbocycles. The van der Waals surface area contributed by atoms with Gasteiger partial charge in [0.2, 0.25) is 5.91 Å². The van der Waals surface area contributed by atoms with Crippen LogP contribution in [0.4, 0.5) is 0 Å². The van der Waals surface area contributed by atoms with Crippen molar-refractivity contribution in [3.8, 4) is 0 Å². The summed E-state index contributed by atoms with van der Waals surface area (Å²) in [6.45, 7) is 7.64. The molecule has 2 N–H and O–H groups in total. The molecule has 6 rings (SSSR count). The van der Waals surface area contributed by atoms with Crippen LogP contribution in [0.5, 0.6) is 0 Å². The molecule has 2 aromatic rings. The molecule has 4 aliphatic rings. The number of benzene rings is 2. The molecule has 198 valence electrons. The predicted molar refractivity (Wildman–Crippen MR) is 148 cm³/mol. The average Bonchev–Trinajstić information content (AvgIpc) is 2.89. The molecule has 37 heavy (non-hydrogen) atoms. The Morgan fingerprint density at radius 3 is 2.46 bits per heavy atom. The number of piperidine rings is 2. The summed E-state index contributed by atoms with van der Waals surface area (Å²) < 4.78 is 0. The summed E-state index contributed by atoms with van der Waals surface area (Å²) in [6, 6.07) is 11.7. The highest BCUT2D eigenvalue weighted by molar-refractivity contribution is 6.42. The first kappa shape index (κ1) is 26.5. The van der Waals surface area contributed by atoms with Gasteiger partial charge < -0.3 is 20.4 Å². The molecule has 3 heterocycles. The van der Waals surface area contributed by atoms with E-state index in [0.29, 0.717) is 47.2 Å². The number of nitrogens with zero attached hydrogens (tertiary/aromatic N) is 2. The normalized spacial score (nSPS) is 25.4. The number of aryl methyl sites for hydroxylation is 2. The SMILES string of the molecule is Cc1cc(C)cc(C(=O)N2CCN(C(=O)CNCC3CC4CCC3NC4)C(c3ccc(Cl)c(Cl)c3)C2)c1. The van der Waals surface area contributed by atoms with Crippen LogP contribution >= 0.6 is 23.2 Å². The fourth-order valence-electron chi connectivity index (χ4n) is 6.38. The maximum Gasteiger partial charge on any atom is 0.254 e. The van der Waals surface area contributed by atoms with Crippen molar-refractivity contribution in [2.75, 3.05) is 39.3 Å². The van der Waals surface area contributed by atoms with Crippen molar-refractivity contribution in [3.05, 3.63) is 68.7 Å². The summed E-state index contributed by atoms with van der Waals surface area (Å²) in [5, 5.41) is 8.01. The first-order valence-electron chi connectivity index (χ1n) is 13.3. The lowest BCUT2D eigenvalue weighted by atomic mass is 9.74. The zero-order valence-electron chi connectivity index (χ0n) is 21.6. The Balaban J connectivity index is 1.29. The lowest BCUT2D eigenvalue weighted by Crippen LogP contribution is -2.55. The highest BCUT2D eigenvalue weighted by Gasteiger charge is 2.36. The zero-order chi connectivity index (χ0) is 26.1. The van der Waals surface area contributed by atoms with E-state index in [9.17, 15) is 9.59 Å². The fraction of sp³-hybridized carbons (Fsp3) is 0.517. The number of amides is 2. The summed E-state index contributed by atoms with van der Waals surface area (Å²) in [5.41, 5.74) is 3.69. The molecule has 0 radical (unpaired) electrons. The minimum absolute atomic E-state index is 0.0121. The molecule has 8 heteroatoms. The Morgan fingerprint density at radius 2 is 1.81 bits per heavy atom. The van der Waals surface area contributed by atoms with Gasteiger partial charge in [-0.1, -0.05) is 46.5 Å². The third-order valence-electron chi connectivity index (χ3n) is 8.23. The molecular weight excluding hydrogens is 507 g/mol. The number of rotatable bonds is 6. The molecule has 2 amide bonds. The van der Waals surface area contributed by atoms with Crippen LogP contribution in [0.3, 0.4) is 0 Å². The third-order valence-corrected chi connectivity index (χ3v) is 8.97. The quantitative estimate of drug-likeness (QED) is 0.559. The van der Waals surface area contributed by atoms with E-state index in [4.69, 9.17) is 23.2 Å². The summed E-state index contributed by atoms with van der Waals surface area (Å²) in [4.78, 5) is 30.6. The first-order chi connectivity index (χ1) is 17.8. The van der Waals surface area contributed by atoms with Crippen LogP contribution in [-0.2, 0) is 4.79 Å². The van der Waals surface area contributed by atoms with Gasteiger partial charge >= 0.3 is 0 Å². The molecule has 4 atom stereocenters. The number of carbonyl (C=O) groups excluding carboxylic acids is 2. The molecule has 4 fully saturated rings. The lowest BCUT2D eigenvalue weighted by molar-refractivity contribution is -0.135. The van der Waals surface area contributed by atoms with Gasteiger partial charge in [-0.2, -0.15) is 0 Å². The number of piperazine rings is 1. The Bertz CT molecular complexity index is 1140. The maximum absolute atomic E-state index is 13.5. The second kappa shape index (κ2) is 11.3. The van der Waals surface area contributed by atoms with Gasteiger partial charge in [0.05, 0.1) is 22.6 Å². The van der Waals surface area contributed by atoms with Gasteiger partial charge in [-0.15, -0.1) is 0 Å². The van der Waals surface area contributed by atoms with E-state index in [1.54, 1.807) is 6.07 Å². The Morgan fingerprint density at radius 1 is 1.03 bits per heavy atom. The lowest BCUT2D eigenvalue weighted by Gasteiger charge is -2.44. The molecule has 1 saturated carbocycles. The van der Waals surface area contributed by atoms with Crippen molar-refractivity contribution in [3.63, 3.8) is 0 Å². The Labute approximate surface area is 229 Å². The van der Waals surface area contributed by atoms with Crippen molar-refractivity contribution >= 4 is 35.0 Å². The van der Waals surface area contributed by atoms with Crippen LogP contribution in [-0.4, -0.2) is 66.9 Å². The predicted octanol–water partition coefficient (Wildman–Crippen LogP) is 4.61. The number of hydrogen-bond acceptors (Lipinski definition) is 4. The molecule has 0 aromatic heterocycles. The van der Waals surface area contributed by atoms with E-state index in [-0.39, 0.29) is 24.4 Å². The molecule has 3 saturated heterocycles. The summed E-state index contributed by atoms with van der Waals surface area (Å²) in [7, 11) is 0. The van der Waals surface area contributed by atoms with Gasteiger partial charge in [-0.3, -0.25) is 9.59 Å². The number of nitrogens with one attached hydrogen (secondary N) is 2. The van der Waals surface area contributed by atoms with E-state index >= 15 is 0 Å². The standard InChI is InChI=1S/C29H36Cl2N4O2/c1-18-9-19(2)11-22(10-18)29(37)34-7-8-35(27(17-34)21-4-5-24(30)25(31)13-21)28(36)16-32-15-23-12-20-3-6-26(23)33-14-20/h4-5,9-11,13,20,23,26-27,32-33H,3,6-8,12,14-17H2,1-2H3. The van der Waals surface area contributed by atoms with Gasteiger partial charge in [0.1, 0.15) is 0 Å². The van der Waals surface area contributed by atoms with Crippen molar-refractivity contribution in [1.29, 1.82) is 0 Å². The topological polar surface area (TPSA) is 64.7 Å². The van der Waals surface area contributed by atoms with Crippen molar-refractivity contribution < 1.29 is 9.59 Å². The molecule has 2 bridgehead atoms. The smallest absolute Gasteiger partial charge is 0.254 e. The molecule has 1 aliphatic carbocycles. The minimum atomic E-state index is -0.292. The molecular formula is C29H36Cl2N4O2. The molecule has 6 nitrogen and oxygen atoms in total. The summed E-state index contributed by atoms with van der Waals surface area (Å²) >= 11 is 12.5. The van der Waals surface area contributed by atoms with Crippen LogP contribution in [0.15, 0.2) is 36.4 Å². The van der Waals surface area contributed by atoms with Crippen LogP contribution < -0.4 is 10.6 Å². The van der Waals surface area contributed by atoms with Crippen molar-refractivity contribution in [2.24, 2.45) is 11.8 Å². The molecule has 3 aliphatic heterocycles.